The molecule has 0 aliphatic rings. The number of ether oxygens (including phenoxy) is 1. The van der Waals surface area contributed by atoms with E-state index < -0.39 is 0 Å². The third-order valence-corrected chi connectivity index (χ3v) is 4.30. The molecule has 0 atom stereocenters. The molecule has 0 bridgehead atoms. The van der Waals surface area contributed by atoms with Gasteiger partial charge in [-0.15, -0.1) is 35.7 Å². The van der Waals surface area contributed by atoms with Gasteiger partial charge in [-0.1, -0.05) is 30.3 Å². The summed E-state index contributed by atoms with van der Waals surface area (Å²) in [6.07, 6.45) is 2.08. The highest BCUT2D eigenvalue weighted by Gasteiger charge is 2.04. The summed E-state index contributed by atoms with van der Waals surface area (Å²) in [5, 5.41) is 6.67. The van der Waals surface area contributed by atoms with Crippen LogP contribution in [0.3, 0.4) is 0 Å². The second-order valence-electron chi connectivity index (χ2n) is 5.17. The summed E-state index contributed by atoms with van der Waals surface area (Å²) in [6, 6.07) is 16.6. The van der Waals surface area contributed by atoms with Gasteiger partial charge in [-0.25, -0.2) is 0 Å². The lowest BCUT2D eigenvalue weighted by Crippen LogP contribution is -2.36. The molecule has 0 saturated carbocycles. The molecule has 2 N–H and O–H groups in total. The molecule has 2 rings (SSSR count). The molecule has 136 valence electrons. The average Bonchev–Trinajstić information content (AvgIpc) is 2.64. The van der Waals surface area contributed by atoms with Crippen LogP contribution < -0.4 is 15.4 Å². The number of nitrogens with one attached hydrogen (secondary N) is 2. The van der Waals surface area contributed by atoms with E-state index >= 15 is 0 Å². The molecule has 6 heteroatoms. The van der Waals surface area contributed by atoms with Gasteiger partial charge in [0.05, 0.1) is 6.61 Å². The lowest BCUT2D eigenvalue weighted by Gasteiger charge is -2.14. The van der Waals surface area contributed by atoms with E-state index in [4.69, 9.17) is 4.74 Å². The number of hydrogen-bond donors (Lipinski definition) is 2. The highest BCUT2D eigenvalue weighted by molar-refractivity contribution is 14.0. The van der Waals surface area contributed by atoms with E-state index in [1.807, 2.05) is 25.1 Å². The maximum Gasteiger partial charge on any atom is 0.191 e. The molecule has 25 heavy (non-hydrogen) atoms. The third kappa shape index (κ3) is 7.15. The SMILES string of the molecule is CCOc1ccccc1CNC(=NC)NCc1ccc(SC)cc1.I. The summed E-state index contributed by atoms with van der Waals surface area (Å²) in [7, 11) is 1.78. The van der Waals surface area contributed by atoms with E-state index in [0.29, 0.717) is 13.2 Å². The fourth-order valence-corrected chi connectivity index (χ4v) is 2.68. The summed E-state index contributed by atoms with van der Waals surface area (Å²) in [5.41, 5.74) is 2.34. The molecule has 0 radical (unpaired) electrons. The molecule has 0 heterocycles. The van der Waals surface area contributed by atoms with Crippen molar-refractivity contribution in [2.24, 2.45) is 4.99 Å². The Morgan fingerprint density at radius 3 is 2.36 bits per heavy atom. The van der Waals surface area contributed by atoms with Crippen molar-refractivity contribution in [2.45, 2.75) is 24.9 Å². The number of nitrogens with zero attached hydrogens (tertiary/aromatic N) is 1. The van der Waals surface area contributed by atoms with Crippen molar-refractivity contribution in [3.63, 3.8) is 0 Å². The second kappa shape index (κ2) is 12.0. The Bertz CT molecular complexity index is 662. The molecule has 2 aromatic carbocycles. The fraction of sp³-hybridized carbons (Fsp3) is 0.316. The van der Waals surface area contributed by atoms with Crippen LogP contribution in [0.4, 0.5) is 0 Å². The first-order valence-electron chi connectivity index (χ1n) is 8.05. The minimum atomic E-state index is 0. The summed E-state index contributed by atoms with van der Waals surface area (Å²) in [6.45, 7) is 4.06. The topological polar surface area (TPSA) is 45.6 Å². The van der Waals surface area contributed by atoms with Crippen LogP contribution in [-0.4, -0.2) is 25.9 Å². The van der Waals surface area contributed by atoms with Crippen molar-refractivity contribution in [3.05, 3.63) is 59.7 Å². The van der Waals surface area contributed by atoms with Crippen LogP contribution in [0.2, 0.25) is 0 Å². The van der Waals surface area contributed by atoms with Crippen LogP contribution >= 0.6 is 35.7 Å². The van der Waals surface area contributed by atoms with Crippen molar-refractivity contribution in [2.75, 3.05) is 19.9 Å². The van der Waals surface area contributed by atoms with E-state index in [2.05, 4.69) is 52.2 Å². The summed E-state index contributed by atoms with van der Waals surface area (Å²) >= 11 is 1.75. The Morgan fingerprint density at radius 2 is 1.72 bits per heavy atom. The van der Waals surface area contributed by atoms with Crippen molar-refractivity contribution < 1.29 is 4.74 Å². The zero-order chi connectivity index (χ0) is 17.2. The number of guanidine groups is 1. The number of benzene rings is 2. The predicted molar refractivity (Wildman–Crippen MR) is 118 cm³/mol. The zero-order valence-corrected chi connectivity index (χ0v) is 18.1. The van der Waals surface area contributed by atoms with E-state index in [9.17, 15) is 0 Å². The lowest BCUT2D eigenvalue weighted by molar-refractivity contribution is 0.336. The molecule has 2 aromatic rings. The molecule has 0 amide bonds. The summed E-state index contributed by atoms with van der Waals surface area (Å²) in [4.78, 5) is 5.55. The first kappa shape index (κ1) is 21.6. The smallest absolute Gasteiger partial charge is 0.191 e. The van der Waals surface area contributed by atoms with Crippen molar-refractivity contribution >= 4 is 41.7 Å². The molecule has 0 aliphatic carbocycles. The van der Waals surface area contributed by atoms with Gasteiger partial charge in [0, 0.05) is 30.6 Å². The Labute approximate surface area is 171 Å². The highest BCUT2D eigenvalue weighted by Crippen LogP contribution is 2.17. The Morgan fingerprint density at radius 1 is 1.04 bits per heavy atom. The Balaban J connectivity index is 0.00000312. The minimum Gasteiger partial charge on any atom is -0.494 e. The van der Waals surface area contributed by atoms with Gasteiger partial charge in [0.1, 0.15) is 5.75 Å². The van der Waals surface area contributed by atoms with Crippen LogP contribution in [0.1, 0.15) is 18.1 Å². The van der Waals surface area contributed by atoms with Crippen LogP contribution in [0.25, 0.3) is 0 Å². The van der Waals surface area contributed by atoms with Gasteiger partial charge in [0.25, 0.3) is 0 Å². The van der Waals surface area contributed by atoms with Crippen LogP contribution in [-0.2, 0) is 13.1 Å². The number of para-hydroxylation sites is 1. The maximum absolute atomic E-state index is 5.65. The Kier molecular flexibility index (Phi) is 10.4. The average molecular weight is 471 g/mol. The van der Waals surface area contributed by atoms with Crippen molar-refractivity contribution in [1.29, 1.82) is 0 Å². The summed E-state index contributed by atoms with van der Waals surface area (Å²) < 4.78 is 5.65. The molecule has 0 aliphatic heterocycles. The molecule has 0 fully saturated rings. The molecule has 0 spiro atoms. The van der Waals surface area contributed by atoms with Crippen LogP contribution in [0.15, 0.2) is 58.4 Å². The van der Waals surface area contributed by atoms with E-state index in [-0.39, 0.29) is 24.0 Å². The Hall–Kier alpha value is -1.41. The van der Waals surface area contributed by atoms with E-state index in [0.717, 1.165) is 23.8 Å². The highest BCUT2D eigenvalue weighted by atomic mass is 127. The third-order valence-electron chi connectivity index (χ3n) is 3.56. The molecular weight excluding hydrogens is 445 g/mol. The molecule has 0 aromatic heterocycles. The minimum absolute atomic E-state index is 0. The number of rotatable bonds is 7. The van der Waals surface area contributed by atoms with E-state index in [1.54, 1.807) is 18.8 Å². The largest absolute Gasteiger partial charge is 0.494 e. The quantitative estimate of drug-likeness (QED) is 0.274. The molecule has 4 nitrogen and oxygen atoms in total. The van der Waals surface area contributed by atoms with E-state index in [1.165, 1.54) is 10.5 Å². The standard InChI is InChI=1S/C19H25N3OS.HI/c1-4-23-18-8-6-5-7-16(18)14-22-19(20-2)21-13-15-9-11-17(24-3)12-10-15;/h5-12H,4,13-14H2,1-3H3,(H2,20,21,22);1H. The van der Waals surface area contributed by atoms with Crippen molar-refractivity contribution in [1.82, 2.24) is 10.6 Å². The fourth-order valence-electron chi connectivity index (χ4n) is 2.27. The van der Waals surface area contributed by atoms with Crippen LogP contribution in [0.5, 0.6) is 5.75 Å². The van der Waals surface area contributed by atoms with Crippen LogP contribution in [0, 0.1) is 0 Å². The predicted octanol–water partition coefficient (Wildman–Crippen LogP) is 4.29. The maximum atomic E-state index is 5.65. The van der Waals surface area contributed by atoms with Gasteiger partial charge in [-0.2, -0.15) is 0 Å². The summed E-state index contributed by atoms with van der Waals surface area (Å²) in [5.74, 6) is 1.69. The van der Waals surface area contributed by atoms with Gasteiger partial charge in [-0.05, 0) is 36.9 Å². The number of aliphatic imine (C=N–C) groups is 1. The molecule has 0 unspecified atom stereocenters. The van der Waals surface area contributed by atoms with Gasteiger partial charge < -0.3 is 15.4 Å². The zero-order valence-electron chi connectivity index (χ0n) is 14.9. The molecular formula is C19H26IN3OS. The molecule has 0 saturated heterocycles. The van der Waals surface area contributed by atoms with Crippen molar-refractivity contribution in [3.8, 4) is 5.75 Å². The first-order chi connectivity index (χ1) is 11.8. The number of halogens is 1. The van der Waals surface area contributed by atoms with Gasteiger partial charge in [-0.3, -0.25) is 4.99 Å². The first-order valence-corrected chi connectivity index (χ1v) is 9.27. The number of hydrogen-bond acceptors (Lipinski definition) is 3. The van der Waals surface area contributed by atoms with Gasteiger partial charge >= 0.3 is 0 Å². The number of thioether (sulfide) groups is 1. The van der Waals surface area contributed by atoms with Gasteiger partial charge in [0.2, 0.25) is 0 Å². The van der Waals surface area contributed by atoms with Gasteiger partial charge in [0.15, 0.2) is 5.96 Å². The second-order valence-corrected chi connectivity index (χ2v) is 6.05. The normalized spacial score (nSPS) is 10.8. The monoisotopic (exact) mass is 471 g/mol. The lowest BCUT2D eigenvalue weighted by atomic mass is 10.2.